The Hall–Kier alpha value is -6.12. The average Bonchev–Trinajstić information content (AvgIpc) is 3.63. The first-order chi connectivity index (χ1) is 23.3. The predicted molar refractivity (Wildman–Crippen MR) is 192 cm³/mol. The molecule has 0 saturated heterocycles. The van der Waals surface area contributed by atoms with Crippen LogP contribution in [0.2, 0.25) is 0 Å². The molecule has 1 spiro atoms. The second kappa shape index (κ2) is 9.94. The molecule has 1 heterocycles. The van der Waals surface area contributed by atoms with E-state index in [1.165, 1.54) is 55.3 Å². The van der Waals surface area contributed by atoms with Crippen molar-refractivity contribution in [1.29, 1.82) is 0 Å². The SMILES string of the molecule is c1ccc(-c2cc(-c3cc4ccccc4c4c3-c3ccccc3C43c4ccccc4-c4ccccc43)nc(-c3ccccc3)n2)cc1. The van der Waals surface area contributed by atoms with Crippen molar-refractivity contribution in [3.63, 3.8) is 0 Å². The van der Waals surface area contributed by atoms with Crippen LogP contribution < -0.4 is 0 Å². The van der Waals surface area contributed by atoms with Gasteiger partial charge in [0, 0.05) is 16.7 Å². The molecule has 8 aromatic rings. The molecule has 2 aliphatic rings. The molecule has 0 amide bonds. The molecule has 7 aromatic carbocycles. The van der Waals surface area contributed by atoms with E-state index in [4.69, 9.17) is 9.97 Å². The third-order valence-corrected chi connectivity index (χ3v) is 10.1. The van der Waals surface area contributed by atoms with Gasteiger partial charge in [-0.3, -0.25) is 0 Å². The number of fused-ring (bicyclic) bond motifs is 12. The normalized spacial score (nSPS) is 13.3. The number of aromatic nitrogens is 2. The van der Waals surface area contributed by atoms with Crippen LogP contribution in [0.15, 0.2) is 170 Å². The molecule has 1 aromatic heterocycles. The summed E-state index contributed by atoms with van der Waals surface area (Å²) < 4.78 is 0. The second-order valence-corrected chi connectivity index (χ2v) is 12.5. The van der Waals surface area contributed by atoms with Gasteiger partial charge in [-0.05, 0) is 67.4 Å². The highest BCUT2D eigenvalue weighted by molar-refractivity contribution is 6.08. The van der Waals surface area contributed by atoms with Crippen molar-refractivity contribution in [3.05, 3.63) is 192 Å². The van der Waals surface area contributed by atoms with Gasteiger partial charge in [-0.1, -0.05) is 158 Å². The third kappa shape index (κ3) is 3.61. The van der Waals surface area contributed by atoms with Gasteiger partial charge in [-0.25, -0.2) is 9.97 Å². The zero-order valence-electron chi connectivity index (χ0n) is 25.6. The van der Waals surface area contributed by atoms with E-state index in [-0.39, 0.29) is 0 Å². The molecule has 0 atom stereocenters. The molecule has 0 saturated carbocycles. The highest BCUT2D eigenvalue weighted by Gasteiger charge is 2.53. The van der Waals surface area contributed by atoms with Gasteiger partial charge in [0.2, 0.25) is 0 Å². The molecule has 0 unspecified atom stereocenters. The Labute approximate surface area is 273 Å². The van der Waals surface area contributed by atoms with Gasteiger partial charge in [0.15, 0.2) is 5.82 Å². The lowest BCUT2D eigenvalue weighted by Gasteiger charge is -2.31. The number of hydrogen-bond donors (Lipinski definition) is 0. The standard InChI is InChI=1S/C45H28N2/c1-3-15-29(16-4-1)40-28-41(47-44(46-40)30-17-5-2-6-18-30)36-27-31-19-7-8-20-32(31)43-42(36)35-23-11-14-26-39(35)45(43)37-24-12-9-21-33(37)34-22-10-13-25-38(34)45/h1-28H. The summed E-state index contributed by atoms with van der Waals surface area (Å²) in [5.41, 5.74) is 15.0. The van der Waals surface area contributed by atoms with Crippen LogP contribution in [-0.4, -0.2) is 9.97 Å². The number of hydrogen-bond acceptors (Lipinski definition) is 2. The van der Waals surface area contributed by atoms with Crippen molar-refractivity contribution >= 4 is 10.8 Å². The van der Waals surface area contributed by atoms with Crippen LogP contribution in [0.3, 0.4) is 0 Å². The van der Waals surface area contributed by atoms with Crippen LogP contribution in [0.25, 0.3) is 66.9 Å². The van der Waals surface area contributed by atoms with Crippen LogP contribution in [0, 0.1) is 0 Å². The number of rotatable bonds is 3. The van der Waals surface area contributed by atoms with Crippen LogP contribution in [0.1, 0.15) is 22.3 Å². The monoisotopic (exact) mass is 596 g/mol. The minimum absolute atomic E-state index is 0.452. The zero-order valence-corrected chi connectivity index (χ0v) is 25.6. The summed E-state index contributed by atoms with van der Waals surface area (Å²) in [5.74, 6) is 0.724. The largest absolute Gasteiger partial charge is 0.228 e. The lowest BCUT2D eigenvalue weighted by Crippen LogP contribution is -2.26. The average molecular weight is 597 g/mol. The van der Waals surface area contributed by atoms with E-state index in [0.29, 0.717) is 0 Å². The highest BCUT2D eigenvalue weighted by Crippen LogP contribution is 2.65. The molecular weight excluding hydrogens is 569 g/mol. The molecule has 0 aliphatic heterocycles. The third-order valence-electron chi connectivity index (χ3n) is 10.1. The molecule has 2 heteroatoms. The Morgan fingerprint density at radius 1 is 0.383 bits per heavy atom. The molecule has 0 bridgehead atoms. The maximum atomic E-state index is 5.35. The van der Waals surface area contributed by atoms with Crippen LogP contribution in [-0.2, 0) is 5.41 Å². The summed E-state index contributed by atoms with van der Waals surface area (Å²) in [6.07, 6.45) is 0. The number of nitrogens with zero attached hydrogens (tertiary/aromatic N) is 2. The Bertz CT molecular complexity index is 2410. The topological polar surface area (TPSA) is 25.8 Å². The van der Waals surface area contributed by atoms with E-state index in [1.54, 1.807) is 0 Å². The molecule has 0 N–H and O–H groups in total. The quantitative estimate of drug-likeness (QED) is 0.203. The summed E-state index contributed by atoms with van der Waals surface area (Å²) in [6.45, 7) is 0. The van der Waals surface area contributed by atoms with Gasteiger partial charge >= 0.3 is 0 Å². The fourth-order valence-electron chi connectivity index (χ4n) is 8.23. The van der Waals surface area contributed by atoms with Crippen molar-refractivity contribution in [2.24, 2.45) is 0 Å². The van der Waals surface area contributed by atoms with E-state index in [1.807, 2.05) is 12.1 Å². The maximum Gasteiger partial charge on any atom is 0.160 e. The van der Waals surface area contributed by atoms with Crippen molar-refractivity contribution < 1.29 is 0 Å². The summed E-state index contributed by atoms with van der Waals surface area (Å²) in [6, 6.07) is 61.2. The van der Waals surface area contributed by atoms with Gasteiger partial charge in [0.25, 0.3) is 0 Å². The van der Waals surface area contributed by atoms with Gasteiger partial charge in [0.1, 0.15) is 0 Å². The van der Waals surface area contributed by atoms with Crippen LogP contribution >= 0.6 is 0 Å². The molecular formula is C45H28N2. The van der Waals surface area contributed by atoms with Gasteiger partial charge in [0.05, 0.1) is 16.8 Å². The van der Waals surface area contributed by atoms with Gasteiger partial charge in [-0.15, -0.1) is 0 Å². The minimum atomic E-state index is -0.452. The smallest absolute Gasteiger partial charge is 0.160 e. The lowest BCUT2D eigenvalue weighted by molar-refractivity contribution is 0.801. The fourth-order valence-corrected chi connectivity index (χ4v) is 8.23. The molecule has 2 nitrogen and oxygen atoms in total. The first-order valence-electron chi connectivity index (χ1n) is 16.2. The molecule has 0 fully saturated rings. The van der Waals surface area contributed by atoms with Crippen LogP contribution in [0.5, 0.6) is 0 Å². The summed E-state index contributed by atoms with van der Waals surface area (Å²) in [5, 5.41) is 2.48. The minimum Gasteiger partial charge on any atom is -0.228 e. The second-order valence-electron chi connectivity index (χ2n) is 12.5. The maximum absolute atomic E-state index is 5.35. The van der Waals surface area contributed by atoms with Crippen molar-refractivity contribution in [2.45, 2.75) is 5.41 Å². The van der Waals surface area contributed by atoms with E-state index < -0.39 is 5.41 Å². The Morgan fingerprint density at radius 2 is 0.894 bits per heavy atom. The first-order valence-corrected chi connectivity index (χ1v) is 16.2. The van der Waals surface area contributed by atoms with E-state index in [2.05, 4.69) is 158 Å². The zero-order chi connectivity index (χ0) is 31.0. The molecule has 10 rings (SSSR count). The molecule has 218 valence electrons. The van der Waals surface area contributed by atoms with Crippen LogP contribution in [0.4, 0.5) is 0 Å². The highest BCUT2D eigenvalue weighted by atomic mass is 14.9. The van der Waals surface area contributed by atoms with Gasteiger partial charge < -0.3 is 0 Å². The number of benzene rings is 7. The Kier molecular flexibility index (Phi) is 5.53. The summed E-state index contributed by atoms with van der Waals surface area (Å²) in [7, 11) is 0. The first kappa shape index (κ1) is 26.1. The van der Waals surface area contributed by atoms with Crippen molar-refractivity contribution in [1.82, 2.24) is 9.97 Å². The van der Waals surface area contributed by atoms with Gasteiger partial charge in [-0.2, -0.15) is 0 Å². The van der Waals surface area contributed by atoms with E-state index in [9.17, 15) is 0 Å². The Balaban J connectivity index is 1.37. The fraction of sp³-hybridized carbons (Fsp3) is 0.0222. The van der Waals surface area contributed by atoms with Crippen molar-refractivity contribution in [2.75, 3.05) is 0 Å². The molecule has 2 aliphatic carbocycles. The summed E-state index contributed by atoms with van der Waals surface area (Å²) in [4.78, 5) is 10.5. The summed E-state index contributed by atoms with van der Waals surface area (Å²) >= 11 is 0. The van der Waals surface area contributed by atoms with Crippen molar-refractivity contribution in [3.8, 4) is 56.2 Å². The molecule has 0 radical (unpaired) electrons. The Morgan fingerprint density at radius 3 is 1.57 bits per heavy atom. The lowest BCUT2D eigenvalue weighted by atomic mass is 9.69. The van der Waals surface area contributed by atoms with E-state index in [0.717, 1.165) is 33.9 Å². The predicted octanol–water partition coefficient (Wildman–Crippen LogP) is 11.0. The van der Waals surface area contributed by atoms with E-state index >= 15 is 0 Å². The molecule has 47 heavy (non-hydrogen) atoms.